The van der Waals surface area contributed by atoms with E-state index in [4.69, 9.17) is 27.9 Å². The van der Waals surface area contributed by atoms with Gasteiger partial charge in [-0.3, -0.25) is 0 Å². The van der Waals surface area contributed by atoms with Crippen molar-refractivity contribution in [3.05, 3.63) is 53.6 Å². The minimum Gasteiger partial charge on any atom is -0.413 e. The van der Waals surface area contributed by atoms with Gasteiger partial charge in [-0.05, 0) is 23.3 Å². The monoisotopic (exact) mass is 266 g/mol. The molecule has 2 rings (SSSR count). The maximum absolute atomic E-state index is 10.6. The van der Waals surface area contributed by atoms with Gasteiger partial charge in [-0.2, -0.15) is 0 Å². The highest BCUT2D eigenvalue weighted by Crippen LogP contribution is 2.30. The summed E-state index contributed by atoms with van der Waals surface area (Å²) in [5.74, 6) is 0.256. The molecule has 2 aromatic rings. The van der Waals surface area contributed by atoms with Gasteiger partial charge >= 0.3 is 5.43 Å². The van der Waals surface area contributed by atoms with Crippen LogP contribution >= 0.6 is 23.2 Å². The molecule has 0 radical (unpaired) electrons. The van der Waals surface area contributed by atoms with E-state index in [-0.39, 0.29) is 5.75 Å². The number of carbonyl (C=O) groups is 1. The van der Waals surface area contributed by atoms with E-state index in [1.54, 1.807) is 12.1 Å². The van der Waals surface area contributed by atoms with Crippen LogP contribution in [0.3, 0.4) is 0 Å². The van der Waals surface area contributed by atoms with Gasteiger partial charge in [0, 0.05) is 11.6 Å². The first kappa shape index (κ1) is 12.0. The van der Waals surface area contributed by atoms with E-state index in [0.29, 0.717) is 5.02 Å². The standard InChI is InChI=1S/C13H8Cl2O2/c14-11-8-10(9-4-2-1-3-5-9)6-7-12(11)17-13(15)16/h1-8H. The molecule has 0 N–H and O–H groups in total. The lowest BCUT2D eigenvalue weighted by Gasteiger charge is -2.06. The molecule has 0 aliphatic heterocycles. The lowest BCUT2D eigenvalue weighted by Crippen LogP contribution is -1.96. The number of rotatable bonds is 2. The number of benzene rings is 2. The fourth-order valence-corrected chi connectivity index (χ4v) is 1.78. The second-order valence-electron chi connectivity index (χ2n) is 3.35. The van der Waals surface area contributed by atoms with Gasteiger partial charge in [0.2, 0.25) is 0 Å². The molecule has 17 heavy (non-hydrogen) atoms. The van der Waals surface area contributed by atoms with E-state index in [1.807, 2.05) is 36.4 Å². The second-order valence-corrected chi connectivity index (χ2v) is 4.07. The summed E-state index contributed by atoms with van der Waals surface area (Å²) >= 11 is 11.1. The molecule has 0 saturated carbocycles. The maximum Gasteiger partial charge on any atom is 0.409 e. The molecule has 0 unspecified atom stereocenters. The third-order valence-electron chi connectivity index (χ3n) is 2.23. The van der Waals surface area contributed by atoms with Crippen molar-refractivity contribution in [2.45, 2.75) is 0 Å². The normalized spacial score (nSPS) is 10.0. The zero-order valence-electron chi connectivity index (χ0n) is 8.69. The van der Waals surface area contributed by atoms with Gasteiger partial charge in [-0.1, -0.05) is 48.0 Å². The van der Waals surface area contributed by atoms with Crippen LogP contribution in [-0.2, 0) is 0 Å². The van der Waals surface area contributed by atoms with Crippen molar-refractivity contribution >= 4 is 28.6 Å². The summed E-state index contributed by atoms with van der Waals surface area (Å²) < 4.78 is 4.73. The summed E-state index contributed by atoms with van der Waals surface area (Å²) in [5, 5.41) is 0.348. The van der Waals surface area contributed by atoms with Crippen LogP contribution in [0.1, 0.15) is 0 Å². The Morgan fingerprint density at radius 3 is 2.29 bits per heavy atom. The fourth-order valence-electron chi connectivity index (χ4n) is 1.48. The van der Waals surface area contributed by atoms with Crippen molar-refractivity contribution < 1.29 is 9.53 Å². The Morgan fingerprint density at radius 2 is 1.71 bits per heavy atom. The molecular formula is C13H8Cl2O2. The van der Waals surface area contributed by atoms with Crippen molar-refractivity contribution in [1.29, 1.82) is 0 Å². The third kappa shape index (κ3) is 2.99. The van der Waals surface area contributed by atoms with E-state index < -0.39 is 5.43 Å². The Morgan fingerprint density at radius 1 is 1.00 bits per heavy atom. The molecular weight excluding hydrogens is 259 g/mol. The fraction of sp³-hybridized carbons (Fsp3) is 0. The summed E-state index contributed by atoms with van der Waals surface area (Å²) in [6.45, 7) is 0. The van der Waals surface area contributed by atoms with Gasteiger partial charge in [0.25, 0.3) is 0 Å². The number of ether oxygens (including phenoxy) is 1. The molecule has 0 atom stereocenters. The molecule has 0 spiro atoms. The Bertz CT molecular complexity index is 538. The molecule has 2 nitrogen and oxygen atoms in total. The second kappa shape index (κ2) is 5.21. The Labute approximate surface area is 109 Å². The van der Waals surface area contributed by atoms with Crippen LogP contribution in [0, 0.1) is 0 Å². The first-order valence-electron chi connectivity index (χ1n) is 4.89. The van der Waals surface area contributed by atoms with E-state index in [9.17, 15) is 4.79 Å². The van der Waals surface area contributed by atoms with Crippen LogP contribution < -0.4 is 4.74 Å². The molecule has 0 heterocycles. The Hall–Kier alpha value is -1.51. The Kier molecular flexibility index (Phi) is 3.67. The molecule has 0 bridgehead atoms. The predicted octanol–water partition coefficient (Wildman–Crippen LogP) is 4.74. The number of hydrogen-bond donors (Lipinski definition) is 0. The van der Waals surface area contributed by atoms with Crippen LogP contribution in [0.2, 0.25) is 5.02 Å². The van der Waals surface area contributed by atoms with Gasteiger partial charge in [0.1, 0.15) is 0 Å². The minimum atomic E-state index is -0.903. The molecule has 86 valence electrons. The average molecular weight is 267 g/mol. The van der Waals surface area contributed by atoms with Gasteiger partial charge in [0.15, 0.2) is 5.75 Å². The molecule has 0 aliphatic rings. The lowest BCUT2D eigenvalue weighted by molar-refractivity contribution is 0.225. The number of hydrogen-bond acceptors (Lipinski definition) is 2. The highest BCUT2D eigenvalue weighted by molar-refractivity contribution is 6.61. The SMILES string of the molecule is O=C(Cl)Oc1ccc(-c2ccccc2)cc1Cl. The molecule has 0 saturated heterocycles. The van der Waals surface area contributed by atoms with E-state index >= 15 is 0 Å². The van der Waals surface area contributed by atoms with Crippen LogP contribution in [-0.4, -0.2) is 5.43 Å². The minimum absolute atomic E-state index is 0.256. The lowest BCUT2D eigenvalue weighted by atomic mass is 10.1. The first-order valence-corrected chi connectivity index (χ1v) is 5.64. The van der Waals surface area contributed by atoms with Crippen LogP contribution in [0.15, 0.2) is 48.5 Å². The van der Waals surface area contributed by atoms with Crippen molar-refractivity contribution in [2.75, 3.05) is 0 Å². The first-order chi connectivity index (χ1) is 8.16. The zero-order chi connectivity index (χ0) is 12.3. The van der Waals surface area contributed by atoms with Crippen LogP contribution in [0.25, 0.3) is 11.1 Å². The summed E-state index contributed by atoms with van der Waals surface area (Å²) in [6.07, 6.45) is 0. The van der Waals surface area contributed by atoms with Crippen molar-refractivity contribution in [2.24, 2.45) is 0 Å². The van der Waals surface area contributed by atoms with Crippen molar-refractivity contribution in [1.82, 2.24) is 0 Å². The average Bonchev–Trinajstić information content (AvgIpc) is 2.32. The predicted molar refractivity (Wildman–Crippen MR) is 68.8 cm³/mol. The highest BCUT2D eigenvalue weighted by Gasteiger charge is 2.07. The molecule has 0 fully saturated rings. The molecule has 4 heteroatoms. The van der Waals surface area contributed by atoms with Crippen LogP contribution in [0.4, 0.5) is 4.79 Å². The van der Waals surface area contributed by atoms with E-state index in [1.165, 1.54) is 0 Å². The molecule has 0 aliphatic carbocycles. The third-order valence-corrected chi connectivity index (χ3v) is 2.60. The summed E-state index contributed by atoms with van der Waals surface area (Å²) in [7, 11) is 0. The number of carbonyl (C=O) groups excluding carboxylic acids is 1. The Balaban J connectivity index is 2.34. The van der Waals surface area contributed by atoms with Crippen LogP contribution in [0.5, 0.6) is 5.75 Å². The summed E-state index contributed by atoms with van der Waals surface area (Å²) in [4.78, 5) is 10.6. The van der Waals surface area contributed by atoms with Crippen molar-refractivity contribution in [3.8, 4) is 16.9 Å². The quantitative estimate of drug-likeness (QED) is 0.734. The topological polar surface area (TPSA) is 26.3 Å². The van der Waals surface area contributed by atoms with Gasteiger partial charge in [-0.25, -0.2) is 4.79 Å². The summed E-state index contributed by atoms with van der Waals surface area (Å²) in [5.41, 5.74) is 1.09. The zero-order valence-corrected chi connectivity index (χ0v) is 10.2. The molecule has 0 amide bonds. The van der Waals surface area contributed by atoms with E-state index in [2.05, 4.69) is 0 Å². The van der Waals surface area contributed by atoms with E-state index in [0.717, 1.165) is 11.1 Å². The smallest absolute Gasteiger partial charge is 0.409 e. The maximum atomic E-state index is 10.6. The number of halogens is 2. The largest absolute Gasteiger partial charge is 0.413 e. The summed E-state index contributed by atoms with van der Waals surface area (Å²) in [6, 6.07) is 14.9. The van der Waals surface area contributed by atoms with Gasteiger partial charge in [0.05, 0.1) is 5.02 Å². The van der Waals surface area contributed by atoms with Gasteiger partial charge in [-0.15, -0.1) is 0 Å². The molecule has 0 aromatic heterocycles. The highest BCUT2D eigenvalue weighted by atomic mass is 35.5. The molecule has 2 aromatic carbocycles. The van der Waals surface area contributed by atoms with Gasteiger partial charge < -0.3 is 4.74 Å². The van der Waals surface area contributed by atoms with Crippen molar-refractivity contribution in [3.63, 3.8) is 0 Å².